The Kier molecular flexibility index (Phi) is 1.57. The molecule has 1 unspecified atom stereocenters. The van der Waals surface area contributed by atoms with Crippen molar-refractivity contribution in [3.8, 4) is 0 Å². The molecule has 1 aliphatic carbocycles. The lowest BCUT2D eigenvalue weighted by molar-refractivity contribution is 0.0879. The zero-order valence-electron chi connectivity index (χ0n) is 7.99. The molecule has 1 heterocycles. The minimum absolute atomic E-state index is 0.258. The van der Waals surface area contributed by atoms with E-state index in [4.69, 9.17) is 0 Å². The van der Waals surface area contributed by atoms with E-state index >= 15 is 0 Å². The molecule has 0 spiro atoms. The number of fused-ring (bicyclic) bond motifs is 1. The Hall–Kier alpha value is -1.90. The zero-order valence-corrected chi connectivity index (χ0v) is 7.99. The van der Waals surface area contributed by atoms with Crippen LogP contribution in [0.2, 0.25) is 0 Å². The second-order valence-corrected chi connectivity index (χ2v) is 3.82. The Morgan fingerprint density at radius 2 is 2.00 bits per heavy atom. The number of carbonyl (C=O) groups excluding carboxylic acids is 2. The van der Waals surface area contributed by atoms with Crippen LogP contribution >= 0.6 is 0 Å². The van der Waals surface area contributed by atoms with Gasteiger partial charge in [-0.05, 0) is 18.1 Å². The van der Waals surface area contributed by atoms with Gasteiger partial charge in [0.15, 0.2) is 0 Å². The summed E-state index contributed by atoms with van der Waals surface area (Å²) in [5, 5.41) is 2.32. The highest BCUT2D eigenvalue weighted by Crippen LogP contribution is 2.34. The SMILES string of the molecule is O=C1NC(=O)c2c1cccc2C1C=CC1. The molecule has 1 atom stereocenters. The maximum atomic E-state index is 11.6. The minimum atomic E-state index is -0.278. The van der Waals surface area contributed by atoms with Crippen LogP contribution in [0.25, 0.3) is 0 Å². The first-order valence-corrected chi connectivity index (χ1v) is 4.92. The van der Waals surface area contributed by atoms with Crippen LogP contribution in [-0.4, -0.2) is 11.8 Å². The molecule has 1 aromatic carbocycles. The third kappa shape index (κ3) is 1.06. The van der Waals surface area contributed by atoms with Crippen LogP contribution in [0.15, 0.2) is 30.4 Å². The number of rotatable bonds is 1. The molecule has 1 aromatic rings. The number of carbonyl (C=O) groups is 2. The van der Waals surface area contributed by atoms with Crippen LogP contribution in [0.4, 0.5) is 0 Å². The topological polar surface area (TPSA) is 46.2 Å². The van der Waals surface area contributed by atoms with Gasteiger partial charge in [0.1, 0.15) is 0 Å². The van der Waals surface area contributed by atoms with Crippen molar-refractivity contribution in [2.45, 2.75) is 12.3 Å². The first-order valence-electron chi connectivity index (χ1n) is 4.92. The maximum absolute atomic E-state index is 11.6. The highest BCUT2D eigenvalue weighted by Gasteiger charge is 2.31. The van der Waals surface area contributed by atoms with Crippen LogP contribution in [0.1, 0.15) is 38.6 Å². The third-order valence-corrected chi connectivity index (χ3v) is 2.95. The van der Waals surface area contributed by atoms with Gasteiger partial charge in [0.05, 0.1) is 11.1 Å². The number of nitrogens with one attached hydrogen (secondary N) is 1. The van der Waals surface area contributed by atoms with Gasteiger partial charge in [-0.3, -0.25) is 14.9 Å². The van der Waals surface area contributed by atoms with Crippen molar-refractivity contribution in [3.63, 3.8) is 0 Å². The molecule has 0 saturated heterocycles. The molecule has 2 amide bonds. The molecule has 3 nitrogen and oxygen atoms in total. The average molecular weight is 199 g/mol. The minimum Gasteiger partial charge on any atom is -0.288 e. The summed E-state index contributed by atoms with van der Waals surface area (Å²) in [5.41, 5.74) is 2.05. The van der Waals surface area contributed by atoms with Crippen LogP contribution in [0, 0.1) is 0 Å². The zero-order chi connectivity index (χ0) is 10.4. The average Bonchev–Trinajstić information content (AvgIpc) is 2.41. The van der Waals surface area contributed by atoms with Crippen molar-refractivity contribution in [3.05, 3.63) is 47.0 Å². The van der Waals surface area contributed by atoms with Gasteiger partial charge in [-0.15, -0.1) is 0 Å². The van der Waals surface area contributed by atoms with Gasteiger partial charge in [-0.25, -0.2) is 0 Å². The van der Waals surface area contributed by atoms with Gasteiger partial charge in [0.25, 0.3) is 11.8 Å². The molecular formula is C12H9NO2. The highest BCUT2D eigenvalue weighted by molar-refractivity contribution is 6.22. The Morgan fingerprint density at radius 1 is 1.20 bits per heavy atom. The standard InChI is InChI=1S/C12H9NO2/c14-11-9-6-2-5-8(7-3-1-4-7)10(9)12(15)13-11/h1-3,5-7H,4H2,(H,13,14,15). The van der Waals surface area contributed by atoms with Gasteiger partial charge in [0.2, 0.25) is 0 Å². The molecule has 0 bridgehead atoms. The summed E-state index contributed by atoms with van der Waals surface area (Å²) >= 11 is 0. The number of hydrogen-bond donors (Lipinski definition) is 1. The van der Waals surface area contributed by atoms with E-state index in [9.17, 15) is 9.59 Å². The highest BCUT2D eigenvalue weighted by atomic mass is 16.2. The molecule has 2 aliphatic rings. The van der Waals surface area contributed by atoms with Crippen molar-refractivity contribution in [1.82, 2.24) is 5.32 Å². The second-order valence-electron chi connectivity index (χ2n) is 3.82. The summed E-state index contributed by atoms with van der Waals surface area (Å²) in [5.74, 6) is -0.234. The van der Waals surface area contributed by atoms with Gasteiger partial charge in [-0.2, -0.15) is 0 Å². The maximum Gasteiger partial charge on any atom is 0.259 e. The number of imide groups is 1. The molecule has 1 aliphatic heterocycles. The monoisotopic (exact) mass is 199 g/mol. The smallest absolute Gasteiger partial charge is 0.259 e. The summed E-state index contributed by atoms with van der Waals surface area (Å²) in [6, 6.07) is 5.45. The fourth-order valence-corrected chi connectivity index (χ4v) is 2.06. The molecule has 15 heavy (non-hydrogen) atoms. The third-order valence-electron chi connectivity index (χ3n) is 2.95. The lowest BCUT2D eigenvalue weighted by Crippen LogP contribution is -2.20. The van der Waals surface area contributed by atoms with Crippen LogP contribution in [0.5, 0.6) is 0 Å². The first-order chi connectivity index (χ1) is 7.27. The van der Waals surface area contributed by atoms with Gasteiger partial charge in [-0.1, -0.05) is 24.3 Å². The van der Waals surface area contributed by atoms with Gasteiger partial charge >= 0.3 is 0 Å². The van der Waals surface area contributed by atoms with E-state index in [1.807, 2.05) is 12.1 Å². The van der Waals surface area contributed by atoms with Crippen molar-refractivity contribution in [2.75, 3.05) is 0 Å². The van der Waals surface area contributed by atoms with Crippen LogP contribution in [0.3, 0.4) is 0 Å². The second kappa shape index (κ2) is 2.79. The summed E-state index contributed by atoms with van der Waals surface area (Å²) in [7, 11) is 0. The van der Waals surface area contributed by atoms with Crippen molar-refractivity contribution < 1.29 is 9.59 Å². The van der Waals surface area contributed by atoms with E-state index in [2.05, 4.69) is 17.5 Å². The van der Waals surface area contributed by atoms with Crippen molar-refractivity contribution in [2.24, 2.45) is 0 Å². The largest absolute Gasteiger partial charge is 0.288 e. The summed E-state index contributed by atoms with van der Waals surface area (Å²) in [4.78, 5) is 23.0. The predicted octanol–water partition coefficient (Wildman–Crippen LogP) is 1.61. The summed E-state index contributed by atoms with van der Waals surface area (Å²) < 4.78 is 0. The van der Waals surface area contributed by atoms with Crippen molar-refractivity contribution >= 4 is 11.8 Å². The lowest BCUT2D eigenvalue weighted by Gasteiger charge is -2.19. The number of amides is 2. The normalized spacial score (nSPS) is 22.3. The van der Waals surface area contributed by atoms with Crippen LogP contribution in [-0.2, 0) is 0 Å². The number of allylic oxidation sites excluding steroid dienone is 2. The molecule has 3 rings (SSSR count). The van der Waals surface area contributed by atoms with Gasteiger partial charge in [0, 0.05) is 5.92 Å². The Bertz CT molecular complexity index is 502. The number of hydrogen-bond acceptors (Lipinski definition) is 2. The fourth-order valence-electron chi connectivity index (χ4n) is 2.06. The molecule has 0 saturated carbocycles. The first kappa shape index (κ1) is 8.41. The molecule has 0 fully saturated rings. The van der Waals surface area contributed by atoms with E-state index in [0.29, 0.717) is 17.0 Å². The molecular weight excluding hydrogens is 190 g/mol. The molecule has 74 valence electrons. The van der Waals surface area contributed by atoms with Crippen molar-refractivity contribution in [1.29, 1.82) is 0 Å². The van der Waals surface area contributed by atoms with E-state index in [-0.39, 0.29) is 11.8 Å². The van der Waals surface area contributed by atoms with E-state index in [1.165, 1.54) is 0 Å². The Balaban J connectivity index is 2.21. The van der Waals surface area contributed by atoms with Gasteiger partial charge < -0.3 is 0 Å². The van der Waals surface area contributed by atoms with Crippen LogP contribution < -0.4 is 5.32 Å². The van der Waals surface area contributed by atoms with E-state index in [1.54, 1.807) is 6.07 Å². The Labute approximate surface area is 86.8 Å². The number of benzene rings is 1. The predicted molar refractivity (Wildman–Crippen MR) is 54.7 cm³/mol. The summed E-state index contributed by atoms with van der Waals surface area (Å²) in [6.07, 6.45) is 5.09. The lowest BCUT2D eigenvalue weighted by atomic mass is 9.84. The summed E-state index contributed by atoms with van der Waals surface area (Å²) in [6.45, 7) is 0. The van der Waals surface area contributed by atoms with E-state index in [0.717, 1.165) is 12.0 Å². The molecule has 0 radical (unpaired) electrons. The quantitative estimate of drug-likeness (QED) is 0.551. The van der Waals surface area contributed by atoms with E-state index < -0.39 is 0 Å². The fraction of sp³-hybridized carbons (Fsp3) is 0.167. The molecule has 0 aromatic heterocycles. The molecule has 1 N–H and O–H groups in total. The Morgan fingerprint density at radius 3 is 2.67 bits per heavy atom. The molecule has 3 heteroatoms.